The summed E-state index contributed by atoms with van der Waals surface area (Å²) < 4.78 is 0. The van der Waals surface area contributed by atoms with Crippen molar-refractivity contribution < 1.29 is 9.59 Å². The lowest BCUT2D eigenvalue weighted by Crippen LogP contribution is -2.63. The Hall–Kier alpha value is -2.05. The number of amides is 2. The van der Waals surface area contributed by atoms with E-state index in [0.717, 1.165) is 0 Å². The van der Waals surface area contributed by atoms with Crippen LogP contribution >= 0.6 is 0 Å². The van der Waals surface area contributed by atoms with Crippen molar-refractivity contribution in [1.82, 2.24) is 20.4 Å². The fourth-order valence-corrected chi connectivity index (χ4v) is 1.85. The van der Waals surface area contributed by atoms with Crippen molar-refractivity contribution >= 4 is 17.6 Å². The van der Waals surface area contributed by atoms with Gasteiger partial charge >= 0.3 is 0 Å². The highest BCUT2D eigenvalue weighted by atomic mass is 16.2. The lowest BCUT2D eigenvalue weighted by molar-refractivity contribution is -0.133. The number of nitrogens with one attached hydrogen (secondary N) is 2. The predicted molar refractivity (Wildman–Crippen MR) is 61.1 cm³/mol. The molecule has 2 amide bonds. The van der Waals surface area contributed by atoms with Gasteiger partial charge in [0.15, 0.2) is 0 Å². The van der Waals surface area contributed by atoms with Crippen LogP contribution < -0.4 is 11.1 Å². The first kappa shape index (κ1) is 11.4. The van der Waals surface area contributed by atoms with Gasteiger partial charge in [-0.25, -0.2) is 0 Å². The number of nitrogens with two attached hydrogens (primary N) is 1. The number of rotatable bonds is 1. The first-order chi connectivity index (χ1) is 7.93. The largest absolute Gasteiger partial charge is 0.382 e. The summed E-state index contributed by atoms with van der Waals surface area (Å²) in [6.45, 7) is 4.34. The Bertz CT molecular complexity index is 465. The van der Waals surface area contributed by atoms with Crippen LogP contribution in [0.5, 0.6) is 0 Å². The zero-order valence-corrected chi connectivity index (χ0v) is 9.78. The molecule has 7 nitrogen and oxygen atoms in total. The van der Waals surface area contributed by atoms with Crippen LogP contribution in [0.4, 0.5) is 5.82 Å². The van der Waals surface area contributed by atoms with Crippen LogP contribution in [0.15, 0.2) is 6.07 Å². The van der Waals surface area contributed by atoms with Crippen molar-refractivity contribution in [3.05, 3.63) is 11.8 Å². The molecule has 1 aromatic heterocycles. The average molecular weight is 237 g/mol. The van der Waals surface area contributed by atoms with Gasteiger partial charge in [-0.1, -0.05) is 0 Å². The number of nitrogen functional groups attached to an aromatic ring is 1. The van der Waals surface area contributed by atoms with E-state index in [1.54, 1.807) is 13.8 Å². The molecule has 0 aliphatic carbocycles. The van der Waals surface area contributed by atoms with Crippen LogP contribution in [0.25, 0.3) is 0 Å². The van der Waals surface area contributed by atoms with Gasteiger partial charge in [0.05, 0.1) is 0 Å². The molecule has 0 aromatic carbocycles. The molecule has 0 saturated carbocycles. The van der Waals surface area contributed by atoms with Crippen molar-refractivity contribution in [2.24, 2.45) is 0 Å². The van der Waals surface area contributed by atoms with Gasteiger partial charge in [0.2, 0.25) is 5.91 Å². The molecule has 1 fully saturated rings. The molecule has 4 N–H and O–H groups in total. The number of aromatic amines is 1. The van der Waals surface area contributed by atoms with E-state index in [-0.39, 0.29) is 17.6 Å². The molecular weight excluding hydrogens is 222 g/mol. The third-order valence-electron chi connectivity index (χ3n) is 2.92. The Morgan fingerprint density at radius 1 is 1.59 bits per heavy atom. The minimum atomic E-state index is -0.866. The standard InChI is InChI=1S/C10H15N5O2/c1-10(2)9(17)12-3-4-15(10)8(16)6-5-7(11)14-13-6/h5H,3-4H2,1-2H3,(H,12,17)(H3,11,13,14). The fraction of sp³-hybridized carbons (Fsp3) is 0.500. The summed E-state index contributed by atoms with van der Waals surface area (Å²) in [5, 5.41) is 8.99. The number of aromatic nitrogens is 2. The number of hydrogen-bond donors (Lipinski definition) is 3. The summed E-state index contributed by atoms with van der Waals surface area (Å²) in [5.74, 6) is -0.175. The number of nitrogens with zero attached hydrogens (tertiary/aromatic N) is 2. The molecule has 1 saturated heterocycles. The van der Waals surface area contributed by atoms with Gasteiger partial charge in [-0.15, -0.1) is 0 Å². The van der Waals surface area contributed by atoms with Gasteiger partial charge in [0.25, 0.3) is 5.91 Å². The summed E-state index contributed by atoms with van der Waals surface area (Å²) in [5.41, 5.74) is 4.88. The summed E-state index contributed by atoms with van der Waals surface area (Å²) in [6, 6.07) is 1.46. The molecule has 1 aromatic rings. The highest BCUT2D eigenvalue weighted by Crippen LogP contribution is 2.20. The van der Waals surface area contributed by atoms with Crippen molar-refractivity contribution in [3.8, 4) is 0 Å². The quantitative estimate of drug-likeness (QED) is 0.603. The Morgan fingerprint density at radius 2 is 2.29 bits per heavy atom. The van der Waals surface area contributed by atoms with E-state index >= 15 is 0 Å². The Morgan fingerprint density at radius 3 is 2.88 bits per heavy atom. The van der Waals surface area contributed by atoms with Gasteiger partial charge < -0.3 is 16.0 Å². The molecule has 92 valence electrons. The Kier molecular flexibility index (Phi) is 2.53. The minimum absolute atomic E-state index is 0.162. The van der Waals surface area contributed by atoms with Gasteiger partial charge in [-0.2, -0.15) is 5.10 Å². The van der Waals surface area contributed by atoms with E-state index < -0.39 is 5.54 Å². The maximum Gasteiger partial charge on any atom is 0.272 e. The summed E-state index contributed by atoms with van der Waals surface area (Å²) in [4.78, 5) is 25.4. The van der Waals surface area contributed by atoms with Crippen molar-refractivity contribution in [2.45, 2.75) is 19.4 Å². The number of piperazine rings is 1. The van der Waals surface area contributed by atoms with Gasteiger partial charge in [0, 0.05) is 19.2 Å². The second-order valence-corrected chi connectivity index (χ2v) is 4.48. The molecule has 0 unspecified atom stereocenters. The maximum atomic E-state index is 12.2. The number of anilines is 1. The van der Waals surface area contributed by atoms with Crippen LogP contribution in [0.1, 0.15) is 24.3 Å². The average Bonchev–Trinajstić information content (AvgIpc) is 2.68. The highest BCUT2D eigenvalue weighted by molar-refractivity contribution is 5.98. The molecule has 0 radical (unpaired) electrons. The van der Waals surface area contributed by atoms with E-state index in [2.05, 4.69) is 15.5 Å². The van der Waals surface area contributed by atoms with E-state index in [1.807, 2.05) is 0 Å². The molecular formula is C10H15N5O2. The minimum Gasteiger partial charge on any atom is -0.382 e. The predicted octanol–water partition coefficient (Wildman–Crippen LogP) is -0.657. The zero-order chi connectivity index (χ0) is 12.6. The molecule has 1 aliphatic heterocycles. The molecule has 1 aliphatic rings. The second-order valence-electron chi connectivity index (χ2n) is 4.48. The lowest BCUT2D eigenvalue weighted by atomic mass is 9.98. The third kappa shape index (κ3) is 1.83. The monoisotopic (exact) mass is 237 g/mol. The summed E-state index contributed by atoms with van der Waals surface area (Å²) in [6.07, 6.45) is 0. The van der Waals surface area contributed by atoms with Crippen LogP contribution in [-0.2, 0) is 4.79 Å². The van der Waals surface area contributed by atoms with Gasteiger partial charge in [-0.05, 0) is 13.8 Å². The first-order valence-corrected chi connectivity index (χ1v) is 5.34. The molecule has 7 heteroatoms. The van der Waals surface area contributed by atoms with E-state index in [4.69, 9.17) is 5.73 Å². The number of hydrogen-bond acceptors (Lipinski definition) is 4. The highest BCUT2D eigenvalue weighted by Gasteiger charge is 2.41. The molecule has 0 spiro atoms. The first-order valence-electron chi connectivity index (χ1n) is 5.34. The van der Waals surface area contributed by atoms with E-state index in [0.29, 0.717) is 18.8 Å². The molecule has 17 heavy (non-hydrogen) atoms. The van der Waals surface area contributed by atoms with Crippen LogP contribution in [0.3, 0.4) is 0 Å². The van der Waals surface area contributed by atoms with Gasteiger partial charge in [0.1, 0.15) is 17.1 Å². The van der Waals surface area contributed by atoms with Crippen LogP contribution in [0.2, 0.25) is 0 Å². The SMILES string of the molecule is CC1(C)C(=O)NCCN1C(=O)c1cc(N)n[nH]1. The second kappa shape index (κ2) is 3.76. The van der Waals surface area contributed by atoms with Crippen LogP contribution in [0, 0.1) is 0 Å². The zero-order valence-electron chi connectivity index (χ0n) is 9.78. The Labute approximate surface area is 98.4 Å². The molecule has 0 bridgehead atoms. The van der Waals surface area contributed by atoms with Crippen molar-refractivity contribution in [2.75, 3.05) is 18.8 Å². The third-order valence-corrected chi connectivity index (χ3v) is 2.92. The van der Waals surface area contributed by atoms with Crippen molar-refractivity contribution in [3.63, 3.8) is 0 Å². The fourth-order valence-electron chi connectivity index (χ4n) is 1.85. The lowest BCUT2D eigenvalue weighted by Gasteiger charge is -2.40. The normalized spacial score (nSPS) is 18.9. The van der Waals surface area contributed by atoms with E-state index in [9.17, 15) is 9.59 Å². The topological polar surface area (TPSA) is 104 Å². The molecule has 2 rings (SSSR count). The maximum absolute atomic E-state index is 12.2. The van der Waals surface area contributed by atoms with Crippen LogP contribution in [-0.4, -0.2) is 45.5 Å². The number of carbonyl (C=O) groups is 2. The number of carbonyl (C=O) groups excluding carboxylic acids is 2. The summed E-state index contributed by atoms with van der Waals surface area (Å²) in [7, 11) is 0. The smallest absolute Gasteiger partial charge is 0.272 e. The van der Waals surface area contributed by atoms with E-state index in [1.165, 1.54) is 11.0 Å². The molecule has 2 heterocycles. The Balaban J connectivity index is 2.27. The van der Waals surface area contributed by atoms with Crippen molar-refractivity contribution in [1.29, 1.82) is 0 Å². The molecule has 0 atom stereocenters. The van der Waals surface area contributed by atoms with Gasteiger partial charge in [-0.3, -0.25) is 14.7 Å². The number of H-pyrrole nitrogens is 1. The summed E-state index contributed by atoms with van der Waals surface area (Å²) >= 11 is 0.